The number of allylic oxidation sites excluding steroid dienone is 15. The number of quaternary nitrogens is 1. The summed E-state index contributed by atoms with van der Waals surface area (Å²) >= 11 is 0. The molecular formula is C67H122N2O6P+. The minimum Gasteiger partial charge on any atom is -0.387 e. The maximum atomic E-state index is 13.0. The van der Waals surface area contributed by atoms with Crippen molar-refractivity contribution in [2.45, 2.75) is 283 Å². The first kappa shape index (κ1) is 73.4. The first-order chi connectivity index (χ1) is 37.0. The summed E-state index contributed by atoms with van der Waals surface area (Å²) in [4.78, 5) is 23.3. The molecule has 76 heavy (non-hydrogen) atoms. The molecule has 440 valence electrons. The van der Waals surface area contributed by atoms with Gasteiger partial charge in [-0.15, -0.1) is 0 Å². The molecular weight excluding hydrogens is 960 g/mol. The van der Waals surface area contributed by atoms with E-state index in [0.29, 0.717) is 17.4 Å². The van der Waals surface area contributed by atoms with Crippen LogP contribution in [0.5, 0.6) is 0 Å². The second-order valence-corrected chi connectivity index (χ2v) is 23.8. The Labute approximate surface area is 470 Å². The van der Waals surface area contributed by atoms with E-state index in [2.05, 4.69) is 104 Å². The topological polar surface area (TPSA) is 105 Å². The molecule has 0 aromatic heterocycles. The van der Waals surface area contributed by atoms with Gasteiger partial charge in [-0.25, -0.2) is 4.57 Å². The minimum absolute atomic E-state index is 0.0548. The molecule has 8 nitrogen and oxygen atoms in total. The number of nitrogens with one attached hydrogen (secondary N) is 1. The third kappa shape index (κ3) is 59.1. The van der Waals surface area contributed by atoms with Crippen LogP contribution in [0.2, 0.25) is 0 Å². The predicted octanol–water partition coefficient (Wildman–Crippen LogP) is 19.8. The van der Waals surface area contributed by atoms with Gasteiger partial charge in [0.05, 0.1) is 39.9 Å². The SMILES string of the molecule is CC/C=C\C/C=C\C/C=C\C/C=C\C/C=C\C/C=C\CCCCCCCCCCCCCCCCCCCCCCCCC(=O)NC(COP(=O)(O)OCC[N+](C)(C)C)C(O)/C=C/CC/C=C/CCCCCCCCC. The lowest BCUT2D eigenvalue weighted by Gasteiger charge is -2.25. The predicted molar refractivity (Wildman–Crippen MR) is 332 cm³/mol. The van der Waals surface area contributed by atoms with Crippen LogP contribution in [0, 0.1) is 0 Å². The van der Waals surface area contributed by atoms with Crippen molar-refractivity contribution in [1.82, 2.24) is 5.32 Å². The van der Waals surface area contributed by atoms with Crippen molar-refractivity contribution >= 4 is 13.7 Å². The Morgan fingerprint density at radius 2 is 0.803 bits per heavy atom. The fourth-order valence-corrected chi connectivity index (χ4v) is 9.62. The van der Waals surface area contributed by atoms with Gasteiger partial charge in [0.2, 0.25) is 5.91 Å². The normalized spacial score (nSPS) is 14.5. The quantitative estimate of drug-likeness (QED) is 0.0243. The van der Waals surface area contributed by atoms with Crippen molar-refractivity contribution in [3.63, 3.8) is 0 Å². The Balaban J connectivity index is 3.91. The smallest absolute Gasteiger partial charge is 0.387 e. The maximum absolute atomic E-state index is 13.0. The second kappa shape index (κ2) is 57.1. The van der Waals surface area contributed by atoms with Gasteiger partial charge < -0.3 is 19.8 Å². The highest BCUT2D eigenvalue weighted by molar-refractivity contribution is 7.47. The van der Waals surface area contributed by atoms with Crippen LogP contribution < -0.4 is 5.32 Å². The van der Waals surface area contributed by atoms with E-state index < -0.39 is 20.0 Å². The van der Waals surface area contributed by atoms with E-state index in [4.69, 9.17) is 9.05 Å². The summed E-state index contributed by atoms with van der Waals surface area (Å²) in [5.41, 5.74) is 0. The van der Waals surface area contributed by atoms with E-state index in [0.717, 1.165) is 77.0 Å². The van der Waals surface area contributed by atoms with E-state index in [9.17, 15) is 19.4 Å². The number of phosphoric ester groups is 1. The molecule has 0 saturated carbocycles. The number of hydrogen-bond donors (Lipinski definition) is 3. The number of amides is 1. The molecule has 0 heterocycles. The Morgan fingerprint density at radius 1 is 0.461 bits per heavy atom. The van der Waals surface area contributed by atoms with Gasteiger partial charge in [0.1, 0.15) is 13.2 Å². The van der Waals surface area contributed by atoms with Crippen molar-refractivity contribution in [2.75, 3.05) is 40.9 Å². The average molecular weight is 1080 g/mol. The molecule has 0 spiro atoms. The van der Waals surface area contributed by atoms with Crippen LogP contribution in [0.25, 0.3) is 0 Å². The summed E-state index contributed by atoms with van der Waals surface area (Å²) in [7, 11) is 1.56. The number of unbranched alkanes of at least 4 members (excludes halogenated alkanes) is 30. The second-order valence-electron chi connectivity index (χ2n) is 22.4. The van der Waals surface area contributed by atoms with Crippen LogP contribution in [0.3, 0.4) is 0 Å². The van der Waals surface area contributed by atoms with Crippen LogP contribution in [0.15, 0.2) is 97.2 Å². The van der Waals surface area contributed by atoms with Crippen LogP contribution >= 0.6 is 7.82 Å². The summed E-state index contributed by atoms with van der Waals surface area (Å²) in [6.45, 7) is 4.67. The van der Waals surface area contributed by atoms with E-state index >= 15 is 0 Å². The fraction of sp³-hybridized carbons (Fsp3) is 0.746. The molecule has 3 unspecified atom stereocenters. The zero-order chi connectivity index (χ0) is 55.6. The molecule has 0 aromatic carbocycles. The third-order valence-electron chi connectivity index (χ3n) is 13.8. The van der Waals surface area contributed by atoms with Gasteiger partial charge in [0.25, 0.3) is 0 Å². The van der Waals surface area contributed by atoms with Gasteiger partial charge in [0, 0.05) is 6.42 Å². The monoisotopic (exact) mass is 1080 g/mol. The fourth-order valence-electron chi connectivity index (χ4n) is 8.89. The number of hydrogen-bond acceptors (Lipinski definition) is 5. The van der Waals surface area contributed by atoms with E-state index in [1.54, 1.807) is 6.08 Å². The number of carbonyl (C=O) groups excluding carboxylic acids is 1. The number of aliphatic hydroxyl groups is 1. The van der Waals surface area contributed by atoms with Crippen LogP contribution in [0.4, 0.5) is 0 Å². The number of carbonyl (C=O) groups is 1. The highest BCUT2D eigenvalue weighted by atomic mass is 31.2. The van der Waals surface area contributed by atoms with Crippen LogP contribution in [-0.2, 0) is 18.4 Å². The van der Waals surface area contributed by atoms with Crippen molar-refractivity contribution < 1.29 is 32.9 Å². The highest BCUT2D eigenvalue weighted by Crippen LogP contribution is 2.43. The van der Waals surface area contributed by atoms with E-state index in [1.807, 2.05) is 27.2 Å². The summed E-state index contributed by atoms with van der Waals surface area (Å²) in [5.74, 6) is -0.186. The number of likely N-dealkylation sites (N-methyl/N-ethyl adjacent to an activating group) is 1. The van der Waals surface area contributed by atoms with E-state index in [1.165, 1.54) is 173 Å². The average Bonchev–Trinajstić information content (AvgIpc) is 3.38. The molecule has 0 rings (SSSR count). The molecule has 9 heteroatoms. The van der Waals surface area contributed by atoms with Crippen molar-refractivity contribution in [1.29, 1.82) is 0 Å². The van der Waals surface area contributed by atoms with Crippen molar-refractivity contribution in [3.05, 3.63) is 97.2 Å². The standard InChI is InChI=1S/C67H121N2O6P/c1-6-8-10-12-14-16-18-20-21-22-23-24-25-26-27-28-29-30-31-32-33-34-35-36-37-38-39-40-41-42-43-44-45-46-47-49-51-53-55-57-59-61-67(71)68-65(64-75-76(72,73)74-63-62-69(3,4)5)66(70)60-58-56-54-52-50-48-19-17-15-13-11-9-7-2/h8,10,14,16,20-21,23-24,26-27,29-30,50,52,58,60,65-66,70H,6-7,9,11-13,15,17-19,22,25,28,31-49,51,53-57,59,61-64H2,1-5H3,(H-,68,71,72,73)/p+1/b10-8-,16-14-,21-20-,24-23-,27-26-,30-29-,52-50+,60-58+. The zero-order valence-electron chi connectivity index (χ0n) is 50.2. The Kier molecular flexibility index (Phi) is 55.2. The Hall–Kier alpha value is -2.58. The Morgan fingerprint density at radius 3 is 1.21 bits per heavy atom. The van der Waals surface area contributed by atoms with Gasteiger partial charge in [0.15, 0.2) is 0 Å². The summed E-state index contributed by atoms with van der Waals surface area (Å²) in [5, 5.41) is 13.9. The first-order valence-electron chi connectivity index (χ1n) is 31.6. The first-order valence-corrected chi connectivity index (χ1v) is 33.1. The third-order valence-corrected chi connectivity index (χ3v) is 14.8. The van der Waals surface area contributed by atoms with Crippen molar-refractivity contribution in [2.24, 2.45) is 0 Å². The molecule has 0 radical (unpaired) electrons. The molecule has 0 bridgehead atoms. The molecule has 0 aromatic rings. The molecule has 0 aliphatic heterocycles. The zero-order valence-corrected chi connectivity index (χ0v) is 51.1. The number of rotatable bonds is 57. The van der Waals surface area contributed by atoms with E-state index in [-0.39, 0.29) is 19.1 Å². The molecule has 3 atom stereocenters. The lowest BCUT2D eigenvalue weighted by Crippen LogP contribution is -2.45. The lowest BCUT2D eigenvalue weighted by atomic mass is 10.0. The van der Waals surface area contributed by atoms with Crippen LogP contribution in [-0.4, -0.2) is 73.4 Å². The highest BCUT2D eigenvalue weighted by Gasteiger charge is 2.27. The number of aliphatic hydroxyl groups excluding tert-OH is 1. The molecule has 0 fully saturated rings. The van der Waals surface area contributed by atoms with Gasteiger partial charge in [-0.3, -0.25) is 13.8 Å². The van der Waals surface area contributed by atoms with Gasteiger partial charge in [-0.1, -0.05) is 278 Å². The van der Waals surface area contributed by atoms with Crippen molar-refractivity contribution in [3.8, 4) is 0 Å². The van der Waals surface area contributed by atoms with Gasteiger partial charge in [-0.2, -0.15) is 0 Å². The van der Waals surface area contributed by atoms with Gasteiger partial charge >= 0.3 is 7.82 Å². The van der Waals surface area contributed by atoms with Gasteiger partial charge in [-0.05, 0) is 83.5 Å². The number of nitrogens with zero attached hydrogens (tertiary/aromatic N) is 1. The molecule has 0 saturated heterocycles. The molecule has 1 amide bonds. The lowest BCUT2D eigenvalue weighted by molar-refractivity contribution is -0.870. The molecule has 3 N–H and O–H groups in total. The maximum Gasteiger partial charge on any atom is 0.472 e. The van der Waals surface area contributed by atoms with Crippen LogP contribution in [0.1, 0.15) is 271 Å². The summed E-state index contributed by atoms with van der Waals surface area (Å²) < 4.78 is 23.7. The molecule has 0 aliphatic rings. The molecule has 0 aliphatic carbocycles. The Bertz CT molecular complexity index is 1560. The largest absolute Gasteiger partial charge is 0.472 e. The number of phosphoric acid groups is 1. The minimum atomic E-state index is -4.35. The summed E-state index contributed by atoms with van der Waals surface area (Å²) in [6, 6.07) is -0.865. The summed E-state index contributed by atoms with van der Waals surface area (Å²) in [6.07, 6.45) is 82.7.